The standard InChI is InChI=1S/C16H15Cl3N2O4S2/c1-8(2)13(20-15(22)9-5-3-4-6-10(9)17)16(23)21-27(24,25)11-7-12(18)26-14(11)19/h3-8,13H,1-2H3,(H,20,22)(H,21,23). The zero-order valence-corrected chi connectivity index (χ0v) is 18.0. The third kappa shape index (κ3) is 5.36. The molecule has 0 aliphatic carbocycles. The fourth-order valence-electron chi connectivity index (χ4n) is 2.16. The first kappa shape index (κ1) is 22.0. The predicted octanol–water partition coefficient (Wildman–Crippen LogP) is 3.97. The SMILES string of the molecule is CC(C)C(NC(=O)c1ccccc1Cl)C(=O)NS(=O)(=O)c1cc(Cl)sc1Cl. The monoisotopic (exact) mass is 468 g/mol. The number of nitrogens with one attached hydrogen (secondary N) is 2. The number of benzene rings is 1. The third-order valence-corrected chi connectivity index (χ3v) is 6.93. The molecule has 0 spiro atoms. The van der Waals surface area contributed by atoms with E-state index in [9.17, 15) is 18.0 Å². The van der Waals surface area contributed by atoms with Crippen LogP contribution in [0.15, 0.2) is 35.2 Å². The minimum absolute atomic E-state index is 0.0681. The zero-order valence-electron chi connectivity index (χ0n) is 14.1. The second kappa shape index (κ2) is 8.79. The number of amides is 2. The molecule has 2 rings (SSSR count). The average molecular weight is 470 g/mol. The van der Waals surface area contributed by atoms with E-state index in [1.807, 2.05) is 4.72 Å². The third-order valence-electron chi connectivity index (χ3n) is 3.50. The Labute approximate surface area is 175 Å². The van der Waals surface area contributed by atoms with Crippen LogP contribution in [-0.2, 0) is 14.8 Å². The van der Waals surface area contributed by atoms with Gasteiger partial charge in [0.1, 0.15) is 15.3 Å². The summed E-state index contributed by atoms with van der Waals surface area (Å²) in [6.45, 7) is 3.33. The van der Waals surface area contributed by atoms with E-state index in [1.165, 1.54) is 12.1 Å². The summed E-state index contributed by atoms with van der Waals surface area (Å²) in [5.74, 6) is -1.89. The van der Waals surface area contributed by atoms with E-state index < -0.39 is 33.8 Å². The molecule has 1 atom stereocenters. The molecular formula is C16H15Cl3N2O4S2. The van der Waals surface area contributed by atoms with Gasteiger partial charge in [-0.05, 0) is 24.1 Å². The van der Waals surface area contributed by atoms with Crippen LogP contribution in [0.25, 0.3) is 0 Å². The Morgan fingerprint density at radius 3 is 2.26 bits per heavy atom. The Balaban J connectivity index is 2.21. The molecule has 0 saturated carbocycles. The first-order valence-corrected chi connectivity index (χ1v) is 11.0. The van der Waals surface area contributed by atoms with E-state index in [-0.39, 0.29) is 24.2 Å². The molecule has 1 heterocycles. The number of sulfonamides is 1. The van der Waals surface area contributed by atoms with Crippen molar-refractivity contribution < 1.29 is 18.0 Å². The van der Waals surface area contributed by atoms with Crippen LogP contribution in [0.1, 0.15) is 24.2 Å². The molecule has 11 heteroatoms. The molecule has 2 amide bonds. The maximum Gasteiger partial charge on any atom is 0.266 e. The maximum absolute atomic E-state index is 12.5. The van der Waals surface area contributed by atoms with Crippen molar-refractivity contribution >= 4 is 68.0 Å². The number of halogens is 3. The van der Waals surface area contributed by atoms with Crippen LogP contribution >= 0.6 is 46.1 Å². The fourth-order valence-corrected chi connectivity index (χ4v) is 5.53. The Morgan fingerprint density at radius 2 is 1.74 bits per heavy atom. The predicted molar refractivity (Wildman–Crippen MR) is 107 cm³/mol. The van der Waals surface area contributed by atoms with E-state index in [0.717, 1.165) is 17.4 Å². The Morgan fingerprint density at radius 1 is 1.11 bits per heavy atom. The van der Waals surface area contributed by atoms with Gasteiger partial charge in [-0.2, -0.15) is 0 Å². The van der Waals surface area contributed by atoms with Gasteiger partial charge in [0.2, 0.25) is 0 Å². The summed E-state index contributed by atoms with van der Waals surface area (Å²) < 4.78 is 26.9. The van der Waals surface area contributed by atoms with Gasteiger partial charge in [0.05, 0.1) is 14.9 Å². The van der Waals surface area contributed by atoms with Gasteiger partial charge in [0.15, 0.2) is 0 Å². The van der Waals surface area contributed by atoms with Gasteiger partial charge in [-0.1, -0.05) is 60.8 Å². The normalized spacial score (nSPS) is 12.7. The molecular weight excluding hydrogens is 455 g/mol. The number of carbonyl (C=O) groups is 2. The first-order valence-electron chi connectivity index (χ1n) is 7.60. The molecule has 2 aromatic rings. The molecule has 1 aromatic heterocycles. The summed E-state index contributed by atoms with van der Waals surface area (Å²) in [5, 5.41) is 2.72. The lowest BCUT2D eigenvalue weighted by atomic mass is 10.0. The molecule has 2 N–H and O–H groups in total. The quantitative estimate of drug-likeness (QED) is 0.669. The minimum Gasteiger partial charge on any atom is -0.340 e. The first-order chi connectivity index (χ1) is 12.5. The second-order valence-corrected chi connectivity index (χ2v) is 10.2. The van der Waals surface area contributed by atoms with Gasteiger partial charge in [-0.25, -0.2) is 13.1 Å². The molecule has 0 aliphatic heterocycles. The van der Waals surface area contributed by atoms with Gasteiger partial charge >= 0.3 is 0 Å². The van der Waals surface area contributed by atoms with Crippen LogP contribution < -0.4 is 10.0 Å². The Bertz CT molecular complexity index is 974. The molecule has 1 aromatic carbocycles. The molecule has 0 radical (unpaired) electrons. The molecule has 1 unspecified atom stereocenters. The lowest BCUT2D eigenvalue weighted by Gasteiger charge is -2.21. The lowest BCUT2D eigenvalue weighted by molar-refractivity contribution is -0.122. The summed E-state index contributed by atoms with van der Waals surface area (Å²) in [6.07, 6.45) is 0. The van der Waals surface area contributed by atoms with Crippen molar-refractivity contribution in [3.63, 3.8) is 0 Å². The van der Waals surface area contributed by atoms with Crippen LogP contribution in [-0.4, -0.2) is 26.3 Å². The lowest BCUT2D eigenvalue weighted by Crippen LogP contribution is -2.51. The molecule has 0 aliphatic rings. The zero-order chi connectivity index (χ0) is 20.4. The van der Waals surface area contributed by atoms with Crippen molar-refractivity contribution in [2.24, 2.45) is 5.92 Å². The van der Waals surface area contributed by atoms with Crippen molar-refractivity contribution in [2.75, 3.05) is 0 Å². The number of rotatable bonds is 6. The highest BCUT2D eigenvalue weighted by Crippen LogP contribution is 2.34. The number of hydrogen-bond acceptors (Lipinski definition) is 5. The second-order valence-electron chi connectivity index (χ2n) is 5.83. The van der Waals surface area contributed by atoms with Crippen molar-refractivity contribution in [1.29, 1.82) is 0 Å². The summed E-state index contributed by atoms with van der Waals surface area (Å²) >= 11 is 18.5. The molecule has 6 nitrogen and oxygen atoms in total. The molecule has 27 heavy (non-hydrogen) atoms. The molecule has 146 valence electrons. The molecule has 0 saturated heterocycles. The van der Waals surface area contributed by atoms with Crippen LogP contribution in [0.5, 0.6) is 0 Å². The summed E-state index contributed by atoms with van der Waals surface area (Å²) in [6, 6.07) is 6.35. The maximum atomic E-state index is 12.5. The van der Waals surface area contributed by atoms with Crippen molar-refractivity contribution in [3.05, 3.63) is 49.6 Å². The average Bonchev–Trinajstić information content (AvgIpc) is 2.91. The Kier molecular flexibility index (Phi) is 7.15. The Hall–Kier alpha value is -1.32. The smallest absolute Gasteiger partial charge is 0.266 e. The highest BCUT2D eigenvalue weighted by Gasteiger charge is 2.30. The van der Waals surface area contributed by atoms with Crippen LogP contribution in [0.4, 0.5) is 0 Å². The largest absolute Gasteiger partial charge is 0.340 e. The van der Waals surface area contributed by atoms with Gasteiger partial charge in [-0.3, -0.25) is 9.59 Å². The van der Waals surface area contributed by atoms with Crippen molar-refractivity contribution in [2.45, 2.75) is 24.8 Å². The van der Waals surface area contributed by atoms with Gasteiger partial charge < -0.3 is 5.32 Å². The molecule has 0 bridgehead atoms. The van der Waals surface area contributed by atoms with E-state index in [4.69, 9.17) is 34.8 Å². The highest BCUT2D eigenvalue weighted by molar-refractivity contribution is 7.90. The van der Waals surface area contributed by atoms with E-state index in [0.29, 0.717) is 0 Å². The summed E-state index contributed by atoms with van der Waals surface area (Å²) in [7, 11) is -4.24. The highest BCUT2D eigenvalue weighted by atomic mass is 35.5. The topological polar surface area (TPSA) is 92.3 Å². The van der Waals surface area contributed by atoms with E-state index in [2.05, 4.69) is 5.32 Å². The molecule has 0 fully saturated rings. The van der Waals surface area contributed by atoms with Gasteiger partial charge in [0, 0.05) is 0 Å². The van der Waals surface area contributed by atoms with Crippen LogP contribution in [0.3, 0.4) is 0 Å². The fraction of sp³-hybridized carbons (Fsp3) is 0.250. The van der Waals surface area contributed by atoms with Gasteiger partial charge in [0.25, 0.3) is 21.8 Å². The number of thiophene rings is 1. The summed E-state index contributed by atoms with van der Waals surface area (Å²) in [4.78, 5) is 24.7. The van der Waals surface area contributed by atoms with E-state index in [1.54, 1.807) is 26.0 Å². The minimum atomic E-state index is -4.24. The number of carbonyl (C=O) groups excluding carboxylic acids is 2. The van der Waals surface area contributed by atoms with E-state index >= 15 is 0 Å². The van der Waals surface area contributed by atoms with Crippen molar-refractivity contribution in [3.8, 4) is 0 Å². The van der Waals surface area contributed by atoms with Gasteiger partial charge in [-0.15, -0.1) is 11.3 Å². The van der Waals surface area contributed by atoms with Crippen molar-refractivity contribution in [1.82, 2.24) is 10.0 Å². The van der Waals surface area contributed by atoms with Crippen LogP contribution in [0, 0.1) is 5.92 Å². The van der Waals surface area contributed by atoms with Crippen LogP contribution in [0.2, 0.25) is 13.7 Å². The number of hydrogen-bond donors (Lipinski definition) is 2. The summed E-state index contributed by atoms with van der Waals surface area (Å²) in [5.41, 5.74) is 0.174.